The van der Waals surface area contributed by atoms with Crippen molar-refractivity contribution in [2.24, 2.45) is 0 Å². The molecule has 0 spiro atoms. The highest BCUT2D eigenvalue weighted by atomic mass is 15.0. The van der Waals surface area contributed by atoms with E-state index in [1.807, 2.05) is 30.3 Å². The predicted octanol–water partition coefficient (Wildman–Crippen LogP) is 3.07. The summed E-state index contributed by atoms with van der Waals surface area (Å²) in [6.07, 6.45) is 5.33. The Kier molecular flexibility index (Phi) is 4.24. The number of hydrogen-bond acceptors (Lipinski definition) is 4. The van der Waals surface area contributed by atoms with Crippen LogP contribution in [0.4, 0.5) is 11.5 Å². The minimum absolute atomic E-state index is 0.651. The van der Waals surface area contributed by atoms with Crippen LogP contribution in [0.3, 0.4) is 0 Å². The molecule has 0 aliphatic heterocycles. The van der Waals surface area contributed by atoms with Gasteiger partial charge in [-0.05, 0) is 61.4 Å². The molecule has 22 heavy (non-hydrogen) atoms. The van der Waals surface area contributed by atoms with Crippen molar-refractivity contribution in [1.29, 1.82) is 5.26 Å². The molecular weight excluding hydrogens is 272 g/mol. The number of hydrogen-bond donors (Lipinski definition) is 2. The summed E-state index contributed by atoms with van der Waals surface area (Å²) in [5.41, 5.74) is 10.7. The Morgan fingerprint density at radius 2 is 1.95 bits per heavy atom. The van der Waals surface area contributed by atoms with E-state index in [0.29, 0.717) is 5.56 Å². The maximum Gasteiger partial charge on any atom is 0.144 e. The number of benzene rings is 1. The molecule has 3 N–H and O–H groups in total. The molecule has 112 valence electrons. The molecule has 4 heteroatoms. The maximum absolute atomic E-state index is 9.32. The van der Waals surface area contributed by atoms with Gasteiger partial charge in [-0.3, -0.25) is 0 Å². The standard InChI is InChI=1S/C18H20N4/c19-12-15-11-14-3-1-2-4-17(14)22-18(15)21-10-9-13-5-7-16(20)8-6-13/h5-8,11H,1-4,9-10,20H2,(H,21,22). The van der Waals surface area contributed by atoms with Crippen molar-refractivity contribution in [3.8, 4) is 6.07 Å². The molecule has 0 saturated heterocycles. The fourth-order valence-electron chi connectivity index (χ4n) is 2.86. The van der Waals surface area contributed by atoms with Crippen molar-refractivity contribution in [1.82, 2.24) is 4.98 Å². The van der Waals surface area contributed by atoms with Gasteiger partial charge in [0, 0.05) is 17.9 Å². The van der Waals surface area contributed by atoms with E-state index in [9.17, 15) is 5.26 Å². The second-order valence-corrected chi connectivity index (χ2v) is 5.73. The Hall–Kier alpha value is -2.54. The van der Waals surface area contributed by atoms with Crippen LogP contribution < -0.4 is 11.1 Å². The van der Waals surface area contributed by atoms with E-state index in [4.69, 9.17) is 5.73 Å². The molecule has 0 bridgehead atoms. The highest BCUT2D eigenvalue weighted by Gasteiger charge is 2.14. The summed E-state index contributed by atoms with van der Waals surface area (Å²) >= 11 is 0. The van der Waals surface area contributed by atoms with Crippen LogP contribution in [0.5, 0.6) is 0 Å². The van der Waals surface area contributed by atoms with Gasteiger partial charge in [0.2, 0.25) is 0 Å². The van der Waals surface area contributed by atoms with Crippen LogP contribution in [-0.2, 0) is 19.3 Å². The van der Waals surface area contributed by atoms with Crippen molar-refractivity contribution < 1.29 is 0 Å². The number of nitrogens with zero attached hydrogens (tertiary/aromatic N) is 2. The molecule has 4 nitrogen and oxygen atoms in total. The number of nitrogens with one attached hydrogen (secondary N) is 1. The Morgan fingerprint density at radius 1 is 1.18 bits per heavy atom. The predicted molar refractivity (Wildman–Crippen MR) is 88.6 cm³/mol. The molecular formula is C18H20N4. The van der Waals surface area contributed by atoms with Crippen LogP contribution in [0, 0.1) is 11.3 Å². The van der Waals surface area contributed by atoms with E-state index in [1.165, 1.54) is 24.0 Å². The maximum atomic E-state index is 9.32. The molecule has 1 aromatic heterocycles. The second kappa shape index (κ2) is 6.48. The molecule has 3 rings (SSSR count). The topological polar surface area (TPSA) is 74.7 Å². The number of aryl methyl sites for hydroxylation is 2. The first-order valence-electron chi connectivity index (χ1n) is 7.77. The van der Waals surface area contributed by atoms with Gasteiger partial charge in [0.25, 0.3) is 0 Å². The van der Waals surface area contributed by atoms with E-state index in [-0.39, 0.29) is 0 Å². The lowest BCUT2D eigenvalue weighted by Crippen LogP contribution is -2.12. The van der Waals surface area contributed by atoms with Crippen LogP contribution >= 0.6 is 0 Å². The zero-order chi connectivity index (χ0) is 15.4. The first kappa shape index (κ1) is 14.4. The molecule has 0 fully saturated rings. The van der Waals surface area contributed by atoms with Gasteiger partial charge in [-0.25, -0.2) is 4.98 Å². The van der Waals surface area contributed by atoms with Gasteiger partial charge in [-0.15, -0.1) is 0 Å². The number of fused-ring (bicyclic) bond motifs is 1. The highest BCUT2D eigenvalue weighted by Crippen LogP contribution is 2.24. The molecule has 0 atom stereocenters. The summed E-state index contributed by atoms with van der Waals surface area (Å²) in [5, 5.41) is 12.6. The van der Waals surface area contributed by atoms with Crippen molar-refractivity contribution in [2.75, 3.05) is 17.6 Å². The summed E-state index contributed by atoms with van der Waals surface area (Å²) < 4.78 is 0. The summed E-state index contributed by atoms with van der Waals surface area (Å²) in [6, 6.07) is 12.1. The Labute approximate surface area is 131 Å². The molecule has 1 heterocycles. The second-order valence-electron chi connectivity index (χ2n) is 5.73. The van der Waals surface area contributed by atoms with E-state index < -0.39 is 0 Å². The Morgan fingerprint density at radius 3 is 2.73 bits per heavy atom. The number of rotatable bonds is 4. The lowest BCUT2D eigenvalue weighted by atomic mass is 9.95. The normalized spacial score (nSPS) is 13.2. The fraction of sp³-hybridized carbons (Fsp3) is 0.333. The average Bonchev–Trinajstić information content (AvgIpc) is 2.56. The van der Waals surface area contributed by atoms with Gasteiger partial charge < -0.3 is 11.1 Å². The van der Waals surface area contributed by atoms with Gasteiger partial charge >= 0.3 is 0 Å². The van der Waals surface area contributed by atoms with Crippen molar-refractivity contribution in [2.45, 2.75) is 32.1 Å². The van der Waals surface area contributed by atoms with E-state index >= 15 is 0 Å². The Bertz CT molecular complexity index is 698. The number of anilines is 2. The van der Waals surface area contributed by atoms with Crippen LogP contribution in [0.1, 0.15) is 35.2 Å². The number of pyridine rings is 1. The number of aromatic nitrogens is 1. The van der Waals surface area contributed by atoms with Gasteiger partial charge in [0.05, 0.1) is 5.56 Å². The van der Waals surface area contributed by atoms with E-state index in [1.54, 1.807) is 0 Å². The summed E-state index contributed by atoms with van der Waals surface area (Å²) in [7, 11) is 0. The number of nitriles is 1. The van der Waals surface area contributed by atoms with Gasteiger partial charge in [0.1, 0.15) is 11.9 Å². The SMILES string of the molecule is N#Cc1cc2c(nc1NCCc1ccc(N)cc1)CCCC2. The first-order valence-corrected chi connectivity index (χ1v) is 7.77. The van der Waals surface area contributed by atoms with E-state index in [2.05, 4.69) is 16.4 Å². The zero-order valence-electron chi connectivity index (χ0n) is 12.6. The number of nitrogens with two attached hydrogens (primary N) is 1. The van der Waals surface area contributed by atoms with Crippen molar-refractivity contribution >= 4 is 11.5 Å². The molecule has 0 amide bonds. The lowest BCUT2D eigenvalue weighted by Gasteiger charge is -2.17. The van der Waals surface area contributed by atoms with E-state index in [0.717, 1.165) is 43.0 Å². The van der Waals surface area contributed by atoms with Gasteiger partial charge in [-0.1, -0.05) is 12.1 Å². The minimum Gasteiger partial charge on any atom is -0.399 e. The third-order valence-electron chi connectivity index (χ3n) is 4.11. The summed E-state index contributed by atoms with van der Waals surface area (Å²) in [5.74, 6) is 0.721. The lowest BCUT2D eigenvalue weighted by molar-refractivity contribution is 0.668. The first-order chi connectivity index (χ1) is 10.8. The highest BCUT2D eigenvalue weighted by molar-refractivity contribution is 5.54. The molecule has 2 aromatic rings. The van der Waals surface area contributed by atoms with Crippen LogP contribution in [-0.4, -0.2) is 11.5 Å². The largest absolute Gasteiger partial charge is 0.399 e. The molecule has 1 aliphatic carbocycles. The molecule has 0 unspecified atom stereocenters. The smallest absolute Gasteiger partial charge is 0.144 e. The third kappa shape index (κ3) is 3.20. The van der Waals surface area contributed by atoms with Gasteiger partial charge in [-0.2, -0.15) is 5.26 Å². The van der Waals surface area contributed by atoms with Crippen LogP contribution in [0.25, 0.3) is 0 Å². The van der Waals surface area contributed by atoms with Crippen LogP contribution in [0.15, 0.2) is 30.3 Å². The minimum atomic E-state index is 0.651. The number of nitrogen functional groups attached to an aromatic ring is 1. The Balaban J connectivity index is 1.69. The van der Waals surface area contributed by atoms with Gasteiger partial charge in [0.15, 0.2) is 0 Å². The van der Waals surface area contributed by atoms with Crippen molar-refractivity contribution in [3.63, 3.8) is 0 Å². The molecule has 1 aliphatic rings. The molecule has 1 aromatic carbocycles. The summed E-state index contributed by atoms with van der Waals surface area (Å²) in [6.45, 7) is 0.754. The summed E-state index contributed by atoms with van der Waals surface area (Å²) in [4.78, 5) is 4.68. The third-order valence-corrected chi connectivity index (χ3v) is 4.11. The zero-order valence-corrected chi connectivity index (χ0v) is 12.6. The fourth-order valence-corrected chi connectivity index (χ4v) is 2.86. The van der Waals surface area contributed by atoms with Crippen molar-refractivity contribution in [3.05, 3.63) is 52.7 Å². The molecule has 0 radical (unpaired) electrons. The molecule has 0 saturated carbocycles. The average molecular weight is 292 g/mol. The quantitative estimate of drug-likeness (QED) is 0.849. The van der Waals surface area contributed by atoms with Crippen LogP contribution in [0.2, 0.25) is 0 Å². The monoisotopic (exact) mass is 292 g/mol.